The monoisotopic (exact) mass is 350 g/mol. The topological polar surface area (TPSA) is 54.1 Å². The molecule has 3 aromatic rings. The van der Waals surface area contributed by atoms with Crippen LogP contribution in [0, 0.1) is 5.82 Å². The van der Waals surface area contributed by atoms with Gasteiger partial charge in [-0.15, -0.1) is 0 Å². The summed E-state index contributed by atoms with van der Waals surface area (Å²) in [5, 5.41) is 4.25. The van der Waals surface area contributed by atoms with Crippen molar-refractivity contribution in [2.75, 3.05) is 13.2 Å². The molecule has 1 aromatic heterocycles. The van der Waals surface area contributed by atoms with Gasteiger partial charge in [0.2, 0.25) is 0 Å². The first-order valence-corrected chi connectivity index (χ1v) is 9.00. The van der Waals surface area contributed by atoms with E-state index in [2.05, 4.69) is 10.3 Å². The molecule has 1 saturated heterocycles. The number of carbonyl (C=O) groups excluding carboxylic acids is 1. The molecule has 0 radical (unpaired) electrons. The first-order chi connectivity index (χ1) is 12.7. The van der Waals surface area contributed by atoms with Crippen molar-refractivity contribution in [3.63, 3.8) is 0 Å². The molecular formula is C21H19FN2O2. The Bertz CT molecular complexity index is 1020. The van der Waals surface area contributed by atoms with E-state index in [1.165, 1.54) is 0 Å². The van der Waals surface area contributed by atoms with Crippen molar-refractivity contribution in [1.29, 1.82) is 0 Å². The number of hydrogen-bond donors (Lipinski definition) is 2. The van der Waals surface area contributed by atoms with Crippen molar-refractivity contribution in [2.45, 2.75) is 25.5 Å². The van der Waals surface area contributed by atoms with Crippen molar-refractivity contribution in [2.24, 2.45) is 0 Å². The van der Waals surface area contributed by atoms with E-state index >= 15 is 0 Å². The van der Waals surface area contributed by atoms with Crippen LogP contribution in [0.1, 0.15) is 40.4 Å². The Kier molecular flexibility index (Phi) is 3.65. The van der Waals surface area contributed by atoms with Gasteiger partial charge in [-0.05, 0) is 43.1 Å². The van der Waals surface area contributed by atoms with Gasteiger partial charge in [-0.2, -0.15) is 0 Å². The third kappa shape index (κ3) is 2.39. The average molecular weight is 350 g/mol. The number of hydrogen-bond acceptors (Lipinski definition) is 3. The van der Waals surface area contributed by atoms with Crippen molar-refractivity contribution >= 4 is 16.7 Å². The molecule has 5 rings (SSSR count). The van der Waals surface area contributed by atoms with E-state index in [0.29, 0.717) is 23.4 Å². The molecule has 0 spiro atoms. The first kappa shape index (κ1) is 15.7. The zero-order valence-electron chi connectivity index (χ0n) is 14.3. The number of Topliss-reactive ketones (excluding diaryl/α,β-unsaturated/α-hetero) is 1. The van der Waals surface area contributed by atoms with Gasteiger partial charge in [0, 0.05) is 33.6 Å². The van der Waals surface area contributed by atoms with Gasteiger partial charge in [-0.3, -0.25) is 4.79 Å². The molecule has 3 heterocycles. The Labute approximate surface area is 150 Å². The molecule has 0 unspecified atom stereocenters. The number of aromatic amines is 1. The highest BCUT2D eigenvalue weighted by molar-refractivity contribution is 6.11. The molecule has 1 atom stereocenters. The van der Waals surface area contributed by atoms with E-state index in [1.807, 2.05) is 30.3 Å². The molecular weight excluding hydrogens is 331 g/mol. The van der Waals surface area contributed by atoms with Crippen LogP contribution in [0.25, 0.3) is 22.2 Å². The number of aromatic nitrogens is 1. The van der Waals surface area contributed by atoms with Gasteiger partial charge in [0.15, 0.2) is 5.78 Å². The number of H-pyrrole nitrogens is 1. The zero-order valence-corrected chi connectivity index (χ0v) is 14.3. The quantitative estimate of drug-likeness (QED) is 0.731. The molecule has 0 bridgehead atoms. The average Bonchev–Trinajstić information content (AvgIpc) is 3.26. The second kappa shape index (κ2) is 6.04. The van der Waals surface area contributed by atoms with Crippen molar-refractivity contribution in [3.05, 3.63) is 58.9 Å². The summed E-state index contributed by atoms with van der Waals surface area (Å²) in [5.74, 6) is -0.292. The van der Waals surface area contributed by atoms with Crippen LogP contribution < -0.4 is 5.32 Å². The molecule has 5 heteroatoms. The summed E-state index contributed by atoms with van der Waals surface area (Å²) in [4.78, 5) is 15.6. The Morgan fingerprint density at radius 3 is 2.85 bits per heavy atom. The largest absolute Gasteiger partial charge is 0.369 e. The third-order valence-corrected chi connectivity index (χ3v) is 5.43. The highest BCUT2D eigenvalue weighted by atomic mass is 19.1. The third-order valence-electron chi connectivity index (χ3n) is 5.43. The SMILES string of the molecule is O=C1COCc2c(-c3ccc([C@H]4CCCN4)cc3F)[nH]c3cccc1c23. The van der Waals surface area contributed by atoms with E-state index in [-0.39, 0.29) is 24.2 Å². The van der Waals surface area contributed by atoms with E-state index in [0.717, 1.165) is 41.4 Å². The highest BCUT2D eigenvalue weighted by Gasteiger charge is 2.24. The van der Waals surface area contributed by atoms with Crippen LogP contribution in [-0.4, -0.2) is 23.9 Å². The van der Waals surface area contributed by atoms with E-state index in [9.17, 15) is 9.18 Å². The highest BCUT2D eigenvalue weighted by Crippen LogP contribution is 2.37. The Hall–Kier alpha value is -2.50. The molecule has 2 aliphatic rings. The smallest absolute Gasteiger partial charge is 0.189 e. The number of rotatable bonds is 2. The maximum Gasteiger partial charge on any atom is 0.189 e. The number of ether oxygens (including phenoxy) is 1. The first-order valence-electron chi connectivity index (χ1n) is 9.00. The van der Waals surface area contributed by atoms with Crippen LogP contribution in [0.15, 0.2) is 36.4 Å². The molecule has 0 amide bonds. The van der Waals surface area contributed by atoms with Crippen molar-refractivity contribution in [3.8, 4) is 11.3 Å². The molecule has 1 fully saturated rings. The molecule has 0 aliphatic carbocycles. The van der Waals surface area contributed by atoms with Gasteiger partial charge >= 0.3 is 0 Å². The van der Waals surface area contributed by atoms with Crippen LogP contribution in [0.2, 0.25) is 0 Å². The lowest BCUT2D eigenvalue weighted by Gasteiger charge is -2.12. The van der Waals surface area contributed by atoms with Crippen LogP contribution in [-0.2, 0) is 11.3 Å². The zero-order chi connectivity index (χ0) is 17.7. The number of benzene rings is 2. The standard InChI is InChI=1S/C21H19FN2O2/c22-16-9-12(17-5-2-8-23-17)6-7-13(16)21-15-10-26-11-19(25)14-3-1-4-18(24-21)20(14)15/h1,3-4,6-7,9,17,23-24H,2,5,8,10-11H2/t17-/m1/s1. The molecule has 26 heavy (non-hydrogen) atoms. The molecule has 4 nitrogen and oxygen atoms in total. The second-order valence-electron chi connectivity index (χ2n) is 7.01. The fraction of sp³-hybridized carbons (Fsp3) is 0.286. The van der Waals surface area contributed by atoms with Crippen LogP contribution in [0.4, 0.5) is 4.39 Å². The normalized spacial score (nSPS) is 19.9. The number of halogens is 1. The van der Waals surface area contributed by atoms with Gasteiger partial charge in [0.25, 0.3) is 0 Å². The van der Waals surface area contributed by atoms with Gasteiger partial charge in [-0.25, -0.2) is 4.39 Å². The Balaban J connectivity index is 1.66. The fourth-order valence-corrected chi connectivity index (χ4v) is 4.17. The summed E-state index contributed by atoms with van der Waals surface area (Å²) in [5.41, 5.74) is 4.54. The van der Waals surface area contributed by atoms with E-state index < -0.39 is 0 Å². The predicted octanol–water partition coefficient (Wildman–Crippen LogP) is 4.11. The van der Waals surface area contributed by atoms with Crippen molar-refractivity contribution < 1.29 is 13.9 Å². The molecule has 2 N–H and O–H groups in total. The lowest BCUT2D eigenvalue weighted by Crippen LogP contribution is -2.13. The van der Waals surface area contributed by atoms with Crippen LogP contribution in [0.3, 0.4) is 0 Å². The van der Waals surface area contributed by atoms with Gasteiger partial charge in [0.1, 0.15) is 12.4 Å². The van der Waals surface area contributed by atoms with Gasteiger partial charge in [0.05, 0.1) is 12.3 Å². The number of carbonyl (C=O) groups is 1. The maximum absolute atomic E-state index is 15.0. The minimum atomic E-state index is -0.254. The minimum absolute atomic E-state index is 0.0389. The summed E-state index contributed by atoms with van der Waals surface area (Å²) in [7, 11) is 0. The number of ketones is 1. The Morgan fingerprint density at radius 2 is 2.04 bits per heavy atom. The molecule has 132 valence electrons. The lowest BCUT2D eigenvalue weighted by atomic mass is 9.98. The number of nitrogens with one attached hydrogen (secondary N) is 2. The predicted molar refractivity (Wildman–Crippen MR) is 97.7 cm³/mol. The van der Waals surface area contributed by atoms with E-state index in [1.54, 1.807) is 6.07 Å². The van der Waals surface area contributed by atoms with Gasteiger partial charge < -0.3 is 15.0 Å². The fourth-order valence-electron chi connectivity index (χ4n) is 4.17. The minimum Gasteiger partial charge on any atom is -0.369 e. The maximum atomic E-state index is 15.0. The molecule has 2 aliphatic heterocycles. The summed E-state index contributed by atoms with van der Waals surface area (Å²) in [6.45, 7) is 1.33. The van der Waals surface area contributed by atoms with Crippen LogP contribution in [0.5, 0.6) is 0 Å². The van der Waals surface area contributed by atoms with Crippen LogP contribution >= 0.6 is 0 Å². The Morgan fingerprint density at radius 1 is 1.12 bits per heavy atom. The van der Waals surface area contributed by atoms with Crippen molar-refractivity contribution in [1.82, 2.24) is 10.3 Å². The molecule has 2 aromatic carbocycles. The lowest BCUT2D eigenvalue weighted by molar-refractivity contribution is 0.0742. The summed E-state index contributed by atoms with van der Waals surface area (Å²) in [6, 6.07) is 11.2. The summed E-state index contributed by atoms with van der Waals surface area (Å²) in [6.07, 6.45) is 2.16. The summed E-state index contributed by atoms with van der Waals surface area (Å²) < 4.78 is 20.5. The van der Waals surface area contributed by atoms with Gasteiger partial charge in [-0.1, -0.05) is 18.2 Å². The molecule has 0 saturated carbocycles. The summed E-state index contributed by atoms with van der Waals surface area (Å²) >= 11 is 0. The second-order valence-corrected chi connectivity index (χ2v) is 7.01. The van der Waals surface area contributed by atoms with E-state index in [4.69, 9.17) is 4.74 Å².